The van der Waals surface area contributed by atoms with Gasteiger partial charge < -0.3 is 14.8 Å². The number of carbonyl (C=O) groups excluding carboxylic acids is 2. The molecule has 31 heavy (non-hydrogen) atoms. The van der Waals surface area contributed by atoms with E-state index in [-0.39, 0.29) is 5.56 Å². The summed E-state index contributed by atoms with van der Waals surface area (Å²) in [6.45, 7) is 0.0255. The van der Waals surface area contributed by atoms with Crippen LogP contribution in [0.5, 0.6) is 0 Å². The summed E-state index contributed by atoms with van der Waals surface area (Å²) >= 11 is 0. The Kier molecular flexibility index (Phi) is 7.32. The molecule has 0 aromatic heterocycles. The summed E-state index contributed by atoms with van der Waals surface area (Å²) in [5.74, 6) is -3.57. The normalized spacial score (nSPS) is 13.9. The lowest BCUT2D eigenvalue weighted by atomic mass is 10.1. The topological polar surface area (TPSA) is 64.6 Å². The zero-order chi connectivity index (χ0) is 23.3. The molecular weight excluding hydrogens is 432 g/mol. The van der Waals surface area contributed by atoms with E-state index in [0.29, 0.717) is 12.1 Å². The molecule has 2 rings (SSSR count). The second-order valence-electron chi connectivity index (χ2n) is 6.21. The zero-order valence-corrected chi connectivity index (χ0v) is 16.0. The number of amides is 1. The van der Waals surface area contributed by atoms with Crippen molar-refractivity contribution in [2.75, 3.05) is 6.61 Å². The number of hydrogen-bond donors (Lipinski definition) is 1. The van der Waals surface area contributed by atoms with Gasteiger partial charge in [0.05, 0.1) is 18.8 Å². The molecule has 168 valence electrons. The summed E-state index contributed by atoms with van der Waals surface area (Å²) in [4.78, 5) is 24.7. The SMILES string of the molecule is CCOC(=O)[C@](NC(=O)c1cccc(C(F)(F)F)c1)(OCc1ccccc1)C(F)(F)F. The van der Waals surface area contributed by atoms with Gasteiger partial charge in [-0.05, 0) is 30.7 Å². The van der Waals surface area contributed by atoms with Gasteiger partial charge >= 0.3 is 24.0 Å². The predicted octanol–water partition coefficient (Wildman–Crippen LogP) is 4.47. The summed E-state index contributed by atoms with van der Waals surface area (Å²) in [6.07, 6.45) is -10.3. The minimum atomic E-state index is -5.49. The number of halogens is 6. The summed E-state index contributed by atoms with van der Waals surface area (Å²) in [7, 11) is 0. The average Bonchev–Trinajstić information content (AvgIpc) is 2.70. The quantitative estimate of drug-likeness (QED) is 0.385. The zero-order valence-electron chi connectivity index (χ0n) is 16.0. The van der Waals surface area contributed by atoms with Gasteiger partial charge in [0.15, 0.2) is 0 Å². The van der Waals surface area contributed by atoms with Crippen LogP contribution in [0.1, 0.15) is 28.4 Å². The molecule has 0 fully saturated rings. The molecule has 2 aromatic rings. The van der Waals surface area contributed by atoms with Gasteiger partial charge in [-0.25, -0.2) is 4.79 Å². The fourth-order valence-electron chi connectivity index (χ4n) is 2.48. The third kappa shape index (κ3) is 5.75. The monoisotopic (exact) mass is 449 g/mol. The fraction of sp³-hybridized carbons (Fsp3) is 0.300. The maximum Gasteiger partial charge on any atom is 0.448 e. The van der Waals surface area contributed by atoms with E-state index in [1.54, 1.807) is 6.07 Å². The van der Waals surface area contributed by atoms with Crippen molar-refractivity contribution in [2.24, 2.45) is 0 Å². The smallest absolute Gasteiger partial charge is 0.448 e. The first-order valence-electron chi connectivity index (χ1n) is 8.82. The molecule has 0 heterocycles. The Morgan fingerprint density at radius 2 is 1.58 bits per heavy atom. The van der Waals surface area contributed by atoms with Crippen LogP contribution in [-0.2, 0) is 27.1 Å². The molecular formula is C20H17F6NO4. The van der Waals surface area contributed by atoms with Gasteiger partial charge in [0, 0.05) is 5.56 Å². The largest absolute Gasteiger partial charge is 0.462 e. The fourth-order valence-corrected chi connectivity index (χ4v) is 2.48. The second-order valence-corrected chi connectivity index (χ2v) is 6.21. The summed E-state index contributed by atoms with van der Waals surface area (Å²) in [6, 6.07) is 10.2. The Bertz CT molecular complexity index is 914. The number of hydrogen-bond acceptors (Lipinski definition) is 4. The van der Waals surface area contributed by atoms with E-state index in [2.05, 4.69) is 4.74 Å². The molecule has 0 radical (unpaired) electrons. The molecule has 1 atom stereocenters. The lowest BCUT2D eigenvalue weighted by Gasteiger charge is -2.33. The molecule has 0 aliphatic rings. The van der Waals surface area contributed by atoms with Gasteiger partial charge in [0.1, 0.15) is 0 Å². The Labute approximate surface area is 173 Å². The molecule has 1 amide bonds. The number of esters is 1. The van der Waals surface area contributed by atoms with Crippen molar-refractivity contribution in [1.29, 1.82) is 0 Å². The molecule has 0 aliphatic heterocycles. The predicted molar refractivity (Wildman–Crippen MR) is 95.6 cm³/mol. The van der Waals surface area contributed by atoms with E-state index in [1.807, 2.05) is 0 Å². The second kappa shape index (κ2) is 9.38. The standard InChI is InChI=1S/C20H17F6NO4/c1-2-30-17(29)18(20(24,25)26,31-12-13-7-4-3-5-8-13)27-16(28)14-9-6-10-15(11-14)19(21,22)23/h3-11H,2,12H2,1H3,(H,27,28)/t18-/m0/s1. The Morgan fingerprint density at radius 1 is 0.935 bits per heavy atom. The van der Waals surface area contributed by atoms with Gasteiger partial charge in [-0.2, -0.15) is 26.3 Å². The molecule has 0 bridgehead atoms. The van der Waals surface area contributed by atoms with E-state index in [9.17, 15) is 35.9 Å². The van der Waals surface area contributed by atoms with Crippen molar-refractivity contribution in [2.45, 2.75) is 31.6 Å². The van der Waals surface area contributed by atoms with E-state index in [4.69, 9.17) is 4.74 Å². The maximum atomic E-state index is 14.0. The van der Waals surface area contributed by atoms with Crippen LogP contribution >= 0.6 is 0 Å². The Balaban J connectivity index is 2.43. The molecule has 5 nitrogen and oxygen atoms in total. The van der Waals surface area contributed by atoms with Crippen molar-refractivity contribution in [3.63, 3.8) is 0 Å². The first-order chi connectivity index (χ1) is 14.4. The highest BCUT2D eigenvalue weighted by molar-refractivity contribution is 5.98. The van der Waals surface area contributed by atoms with E-state index in [0.717, 1.165) is 12.1 Å². The van der Waals surface area contributed by atoms with Crippen LogP contribution in [0.2, 0.25) is 0 Å². The van der Waals surface area contributed by atoms with E-state index >= 15 is 0 Å². The van der Waals surface area contributed by atoms with Gasteiger partial charge in [0.25, 0.3) is 5.91 Å². The highest BCUT2D eigenvalue weighted by atomic mass is 19.4. The van der Waals surface area contributed by atoms with Crippen LogP contribution in [0.4, 0.5) is 26.3 Å². The minimum absolute atomic E-state index is 0.244. The molecule has 2 aromatic carbocycles. The third-order valence-electron chi connectivity index (χ3n) is 4.00. The van der Waals surface area contributed by atoms with Crippen molar-refractivity contribution in [3.8, 4) is 0 Å². The third-order valence-corrected chi connectivity index (χ3v) is 4.00. The molecule has 11 heteroatoms. The minimum Gasteiger partial charge on any atom is -0.462 e. The van der Waals surface area contributed by atoms with Crippen LogP contribution in [-0.4, -0.2) is 30.4 Å². The van der Waals surface area contributed by atoms with Crippen molar-refractivity contribution in [1.82, 2.24) is 5.32 Å². The van der Waals surface area contributed by atoms with Crippen LogP contribution in [0.25, 0.3) is 0 Å². The van der Waals surface area contributed by atoms with Gasteiger partial charge in [-0.1, -0.05) is 36.4 Å². The molecule has 1 N–H and O–H groups in total. The Hall–Kier alpha value is -3.08. The molecule has 0 unspecified atom stereocenters. The number of ether oxygens (including phenoxy) is 2. The van der Waals surface area contributed by atoms with Crippen molar-refractivity contribution >= 4 is 11.9 Å². The summed E-state index contributed by atoms with van der Waals surface area (Å²) < 4.78 is 89.9. The van der Waals surface area contributed by atoms with Crippen molar-refractivity contribution in [3.05, 3.63) is 71.3 Å². The highest BCUT2D eigenvalue weighted by Gasteiger charge is 2.65. The Morgan fingerprint density at radius 3 is 2.13 bits per heavy atom. The maximum absolute atomic E-state index is 14.0. The lowest BCUT2D eigenvalue weighted by molar-refractivity contribution is -0.287. The van der Waals surface area contributed by atoms with Crippen LogP contribution in [0, 0.1) is 0 Å². The molecule has 0 saturated carbocycles. The van der Waals surface area contributed by atoms with E-state index < -0.39 is 54.3 Å². The first kappa shape index (κ1) is 24.2. The molecule has 0 aliphatic carbocycles. The van der Waals surface area contributed by atoms with Crippen LogP contribution < -0.4 is 5.32 Å². The number of nitrogens with one attached hydrogen (secondary N) is 1. The van der Waals surface area contributed by atoms with E-state index in [1.165, 1.54) is 36.5 Å². The highest BCUT2D eigenvalue weighted by Crippen LogP contribution is 2.35. The van der Waals surface area contributed by atoms with Gasteiger partial charge in [-0.3, -0.25) is 4.79 Å². The van der Waals surface area contributed by atoms with Crippen molar-refractivity contribution < 1.29 is 45.4 Å². The first-order valence-corrected chi connectivity index (χ1v) is 8.82. The number of carbonyl (C=O) groups is 2. The van der Waals surface area contributed by atoms with Gasteiger partial charge in [0.2, 0.25) is 0 Å². The van der Waals surface area contributed by atoms with Crippen LogP contribution in [0.15, 0.2) is 54.6 Å². The number of benzene rings is 2. The number of rotatable bonds is 7. The number of alkyl halides is 6. The van der Waals surface area contributed by atoms with Gasteiger partial charge in [-0.15, -0.1) is 0 Å². The average molecular weight is 449 g/mol. The summed E-state index contributed by atoms with van der Waals surface area (Å²) in [5, 5.41) is 1.39. The lowest BCUT2D eigenvalue weighted by Crippen LogP contribution is -2.66. The summed E-state index contributed by atoms with van der Waals surface area (Å²) in [5.41, 5.74) is -5.70. The van der Waals surface area contributed by atoms with Crippen LogP contribution in [0.3, 0.4) is 0 Å². The molecule has 0 saturated heterocycles. The molecule has 0 spiro atoms.